The molecule has 0 saturated heterocycles. The molecule has 1 amide bonds. The van der Waals surface area contributed by atoms with Gasteiger partial charge in [-0.2, -0.15) is 5.10 Å². The quantitative estimate of drug-likeness (QED) is 0.0956. The zero-order valence-corrected chi connectivity index (χ0v) is 22.4. The minimum Gasteiger partial charge on any atom is -0.388 e. The summed E-state index contributed by atoms with van der Waals surface area (Å²) in [6, 6.07) is 12.7. The van der Waals surface area contributed by atoms with E-state index in [0.29, 0.717) is 6.42 Å². The maximum absolute atomic E-state index is 14.8. The smallest absolute Gasteiger partial charge is 0.244 e. The molecule has 9 nitrogen and oxygen atoms in total. The third-order valence-electron chi connectivity index (χ3n) is 6.54. The van der Waals surface area contributed by atoms with Gasteiger partial charge in [0.25, 0.3) is 0 Å². The van der Waals surface area contributed by atoms with Crippen LogP contribution < -0.4 is 32.6 Å². The lowest BCUT2D eigenvalue weighted by Crippen LogP contribution is -2.30. The number of nitrogens with zero attached hydrogens (tertiary/aromatic N) is 3. The molecule has 204 valence electrons. The first-order valence-electron chi connectivity index (χ1n) is 12.7. The van der Waals surface area contributed by atoms with Crippen molar-refractivity contribution in [3.05, 3.63) is 76.8 Å². The average molecular weight is 551 g/mol. The van der Waals surface area contributed by atoms with Crippen LogP contribution in [0.25, 0.3) is 17.2 Å². The predicted octanol–water partition coefficient (Wildman–Crippen LogP) is 5.02. The molecule has 0 unspecified atom stereocenters. The molecule has 3 aromatic rings. The Morgan fingerprint density at radius 1 is 1.23 bits per heavy atom. The lowest BCUT2D eigenvalue weighted by molar-refractivity contribution is -0.117. The van der Waals surface area contributed by atoms with E-state index in [1.165, 1.54) is 24.3 Å². The summed E-state index contributed by atoms with van der Waals surface area (Å²) in [5.41, 5.74) is 5.13. The Morgan fingerprint density at radius 2 is 2.08 bits per heavy atom. The molecule has 0 radical (unpaired) electrons. The SMILES string of the molecule is CNc1ccc2c(c1)NCCCCC[C@H](NC(=O)/C=C/c1c(N(N)/C=N\N)ccc(Cl)c1F)c1cc-2ccn1. The van der Waals surface area contributed by atoms with Gasteiger partial charge in [0, 0.05) is 48.4 Å². The van der Waals surface area contributed by atoms with Crippen molar-refractivity contribution in [2.24, 2.45) is 16.8 Å². The Labute approximate surface area is 232 Å². The summed E-state index contributed by atoms with van der Waals surface area (Å²) < 4.78 is 14.8. The van der Waals surface area contributed by atoms with E-state index in [2.05, 4.69) is 38.2 Å². The molecular formula is C28H32ClFN8O. The highest BCUT2D eigenvalue weighted by atomic mass is 35.5. The number of carbonyl (C=O) groups excluding carboxylic acids is 1. The number of pyridine rings is 1. The number of hydrogen-bond donors (Lipinski definition) is 5. The Balaban J connectivity index is 1.62. The maximum Gasteiger partial charge on any atom is 0.244 e. The predicted molar refractivity (Wildman–Crippen MR) is 157 cm³/mol. The second kappa shape index (κ2) is 13.1. The lowest BCUT2D eigenvalue weighted by Gasteiger charge is -2.21. The average Bonchev–Trinajstić information content (AvgIpc) is 2.94. The van der Waals surface area contributed by atoms with Crippen LogP contribution in [0.15, 0.2) is 59.8 Å². The Kier molecular flexibility index (Phi) is 9.35. The lowest BCUT2D eigenvalue weighted by atomic mass is 9.98. The van der Waals surface area contributed by atoms with E-state index in [-0.39, 0.29) is 22.3 Å². The number of amides is 1. The number of nitrogens with one attached hydrogen (secondary N) is 3. The normalized spacial score (nSPS) is 15.6. The van der Waals surface area contributed by atoms with Crippen LogP contribution >= 0.6 is 11.6 Å². The molecule has 7 N–H and O–H groups in total. The molecule has 0 fully saturated rings. The molecular weight excluding hydrogens is 519 g/mol. The second-order valence-corrected chi connectivity index (χ2v) is 9.52. The zero-order valence-electron chi connectivity index (χ0n) is 21.6. The van der Waals surface area contributed by atoms with E-state index in [4.69, 9.17) is 23.3 Å². The number of halogens is 2. The zero-order chi connectivity index (χ0) is 27.8. The van der Waals surface area contributed by atoms with Crippen LogP contribution in [0.4, 0.5) is 21.5 Å². The van der Waals surface area contributed by atoms with Crippen molar-refractivity contribution >= 4 is 47.0 Å². The Morgan fingerprint density at radius 3 is 2.87 bits per heavy atom. The summed E-state index contributed by atoms with van der Waals surface area (Å²) in [6.07, 6.45) is 9.05. The van der Waals surface area contributed by atoms with Crippen LogP contribution in [0, 0.1) is 5.82 Å². The summed E-state index contributed by atoms with van der Waals surface area (Å²) in [5.74, 6) is 9.95. The van der Waals surface area contributed by atoms with Crippen molar-refractivity contribution in [2.45, 2.75) is 31.7 Å². The number of hydrazone groups is 1. The summed E-state index contributed by atoms with van der Waals surface area (Å²) in [7, 11) is 1.89. The summed E-state index contributed by atoms with van der Waals surface area (Å²) in [6.45, 7) is 0.846. The molecule has 0 spiro atoms. The van der Waals surface area contributed by atoms with Gasteiger partial charge in [0.1, 0.15) is 6.34 Å². The van der Waals surface area contributed by atoms with Crippen molar-refractivity contribution in [2.75, 3.05) is 29.2 Å². The molecule has 0 aliphatic carbocycles. The van der Waals surface area contributed by atoms with Gasteiger partial charge in [0.2, 0.25) is 5.91 Å². The van der Waals surface area contributed by atoms with Gasteiger partial charge in [-0.3, -0.25) is 14.8 Å². The summed E-state index contributed by atoms with van der Waals surface area (Å²) in [5, 5.41) is 14.1. The molecule has 4 rings (SSSR count). The van der Waals surface area contributed by atoms with Crippen molar-refractivity contribution < 1.29 is 9.18 Å². The van der Waals surface area contributed by atoms with Gasteiger partial charge in [-0.25, -0.2) is 10.2 Å². The minimum atomic E-state index is -0.715. The third-order valence-corrected chi connectivity index (χ3v) is 6.83. The maximum atomic E-state index is 14.8. The number of benzene rings is 2. The van der Waals surface area contributed by atoms with E-state index < -0.39 is 11.7 Å². The number of hydrazine groups is 1. The molecule has 2 aromatic carbocycles. The number of carbonyl (C=O) groups is 1. The van der Waals surface area contributed by atoms with Crippen LogP contribution in [0.5, 0.6) is 0 Å². The van der Waals surface area contributed by atoms with Gasteiger partial charge in [0.15, 0.2) is 5.82 Å². The van der Waals surface area contributed by atoms with Crippen molar-refractivity contribution in [1.29, 1.82) is 0 Å². The first-order valence-corrected chi connectivity index (χ1v) is 13.0. The molecule has 2 heterocycles. The van der Waals surface area contributed by atoms with Gasteiger partial charge < -0.3 is 21.8 Å². The molecule has 1 aromatic heterocycles. The number of nitrogens with two attached hydrogens (primary N) is 2. The van der Waals surface area contributed by atoms with Gasteiger partial charge in [-0.15, -0.1) is 0 Å². The molecule has 2 bridgehead atoms. The second-order valence-electron chi connectivity index (χ2n) is 9.12. The van der Waals surface area contributed by atoms with Crippen LogP contribution in [-0.2, 0) is 4.79 Å². The van der Waals surface area contributed by atoms with Crippen LogP contribution in [0.2, 0.25) is 5.02 Å². The van der Waals surface area contributed by atoms with E-state index in [1.54, 1.807) is 6.20 Å². The number of anilines is 3. The molecule has 0 saturated carbocycles. The van der Waals surface area contributed by atoms with Crippen molar-refractivity contribution in [3.8, 4) is 11.1 Å². The van der Waals surface area contributed by atoms with E-state index in [0.717, 1.165) is 65.4 Å². The van der Waals surface area contributed by atoms with Gasteiger partial charge in [0.05, 0.1) is 22.4 Å². The monoisotopic (exact) mass is 550 g/mol. The molecule has 11 heteroatoms. The number of aromatic nitrogens is 1. The third kappa shape index (κ3) is 6.84. The fourth-order valence-electron chi connectivity index (χ4n) is 4.52. The Bertz CT molecular complexity index is 1380. The number of hydrogen-bond acceptors (Lipinski definition) is 7. The van der Waals surface area contributed by atoms with Crippen LogP contribution in [0.3, 0.4) is 0 Å². The first-order chi connectivity index (χ1) is 18.9. The number of fused-ring (bicyclic) bond motifs is 4. The van der Waals surface area contributed by atoms with Gasteiger partial charge in [-0.1, -0.05) is 30.5 Å². The Hall–Kier alpha value is -4.15. The van der Waals surface area contributed by atoms with E-state index in [9.17, 15) is 9.18 Å². The molecule has 1 atom stereocenters. The number of rotatable bonds is 6. The summed E-state index contributed by atoms with van der Waals surface area (Å²) >= 11 is 5.97. The minimum absolute atomic E-state index is 0.0314. The first kappa shape index (κ1) is 27.9. The molecule has 1 aliphatic rings. The highest BCUT2D eigenvalue weighted by Gasteiger charge is 2.18. The topological polar surface area (TPSA) is 134 Å². The fourth-order valence-corrected chi connectivity index (χ4v) is 4.69. The molecule has 1 aliphatic heterocycles. The highest BCUT2D eigenvalue weighted by molar-refractivity contribution is 6.31. The van der Waals surface area contributed by atoms with Crippen molar-refractivity contribution in [1.82, 2.24) is 10.3 Å². The van der Waals surface area contributed by atoms with Gasteiger partial charge in [-0.05, 0) is 60.9 Å². The van der Waals surface area contributed by atoms with Crippen LogP contribution in [-0.4, -0.2) is 30.8 Å². The summed E-state index contributed by atoms with van der Waals surface area (Å²) in [4.78, 5) is 17.6. The standard InChI is InChI=1S/C28H32ClFN8O/c1-33-19-6-7-20-18-12-14-35-25(15-18)23(5-3-2-4-13-34-24(20)16-19)37-27(39)11-8-21-26(38(32)17-36-31)10-9-22(29)28(21)30/h6-12,14-17,23,33-34H,2-5,13,31-32H2,1H3,(H,37,39)/b11-8+,36-17-/t23-/m0/s1. The van der Waals surface area contributed by atoms with E-state index >= 15 is 0 Å². The highest BCUT2D eigenvalue weighted by Crippen LogP contribution is 2.33. The van der Waals surface area contributed by atoms with Gasteiger partial charge >= 0.3 is 0 Å². The van der Waals surface area contributed by atoms with Crippen molar-refractivity contribution in [3.63, 3.8) is 0 Å². The van der Waals surface area contributed by atoms with E-state index in [1.807, 2.05) is 25.2 Å². The molecule has 39 heavy (non-hydrogen) atoms. The largest absolute Gasteiger partial charge is 0.388 e. The van der Waals surface area contributed by atoms with Crippen LogP contribution in [0.1, 0.15) is 43.0 Å². The fraction of sp³-hybridized carbons (Fsp3) is 0.250.